The van der Waals surface area contributed by atoms with Crippen molar-refractivity contribution in [2.75, 3.05) is 40.4 Å². The lowest BCUT2D eigenvalue weighted by atomic mass is 10.0. The second-order valence-electron chi connectivity index (χ2n) is 4.92. The van der Waals surface area contributed by atoms with Crippen LogP contribution in [0.4, 0.5) is 0 Å². The Morgan fingerprint density at radius 1 is 1.33 bits per heavy atom. The molecule has 1 N–H and O–H groups in total. The van der Waals surface area contributed by atoms with E-state index < -0.39 is 6.04 Å². The molecule has 1 aromatic rings. The van der Waals surface area contributed by atoms with E-state index in [4.69, 9.17) is 21.1 Å². The summed E-state index contributed by atoms with van der Waals surface area (Å²) in [5.41, 5.74) is 0.676. The monoisotopic (exact) mass is 312 g/mol. The van der Waals surface area contributed by atoms with Gasteiger partial charge in [-0.3, -0.25) is 4.90 Å². The number of hydrogen-bond acceptors (Lipinski definition) is 5. The van der Waals surface area contributed by atoms with Gasteiger partial charge in [-0.25, -0.2) is 4.79 Å². The molecule has 6 heteroatoms. The summed E-state index contributed by atoms with van der Waals surface area (Å²) in [7, 11) is 2.97. The Balaban J connectivity index is 2.42. The van der Waals surface area contributed by atoms with Crippen molar-refractivity contribution in [3.05, 3.63) is 28.8 Å². The van der Waals surface area contributed by atoms with E-state index in [1.54, 1.807) is 13.2 Å². The van der Waals surface area contributed by atoms with Gasteiger partial charge in [0.1, 0.15) is 11.8 Å². The Morgan fingerprint density at radius 2 is 2.14 bits per heavy atom. The molecule has 0 amide bonds. The third kappa shape index (κ3) is 3.67. The molecule has 0 aliphatic carbocycles. The van der Waals surface area contributed by atoms with E-state index in [0.717, 1.165) is 32.6 Å². The van der Waals surface area contributed by atoms with Gasteiger partial charge in [0.25, 0.3) is 0 Å². The van der Waals surface area contributed by atoms with Crippen LogP contribution in [0.2, 0.25) is 5.02 Å². The normalized spacial score (nSPS) is 17.9. The number of benzene rings is 1. The highest BCUT2D eigenvalue weighted by molar-refractivity contribution is 6.31. The summed E-state index contributed by atoms with van der Waals surface area (Å²) in [5, 5.41) is 3.84. The van der Waals surface area contributed by atoms with Crippen LogP contribution >= 0.6 is 11.6 Å². The fourth-order valence-corrected chi connectivity index (χ4v) is 2.92. The standard InChI is InChI=1S/C15H21ClN2O3/c1-20-12-6-3-5-11(16)13(12)14(15(19)21-2)18-9-4-7-17-8-10-18/h3,5-6,14,17H,4,7-10H2,1-2H3. The molecule has 0 spiro atoms. The van der Waals surface area contributed by atoms with Crippen molar-refractivity contribution >= 4 is 17.6 Å². The van der Waals surface area contributed by atoms with Crippen LogP contribution in [0.5, 0.6) is 5.75 Å². The van der Waals surface area contributed by atoms with Gasteiger partial charge < -0.3 is 14.8 Å². The molecule has 0 bridgehead atoms. The average molecular weight is 313 g/mol. The van der Waals surface area contributed by atoms with Crippen molar-refractivity contribution < 1.29 is 14.3 Å². The van der Waals surface area contributed by atoms with Crippen molar-refractivity contribution in [2.24, 2.45) is 0 Å². The first-order valence-corrected chi connectivity index (χ1v) is 7.41. The molecule has 1 saturated heterocycles. The average Bonchev–Trinajstić information content (AvgIpc) is 2.78. The van der Waals surface area contributed by atoms with Gasteiger partial charge in [0.15, 0.2) is 0 Å². The SMILES string of the molecule is COC(=O)C(c1c(Cl)cccc1OC)N1CCCNCC1. The quantitative estimate of drug-likeness (QED) is 0.860. The molecule has 1 fully saturated rings. The number of nitrogens with zero attached hydrogens (tertiary/aromatic N) is 1. The Hall–Kier alpha value is -1.30. The molecule has 1 aliphatic heterocycles. The Labute approximate surface area is 130 Å². The maximum absolute atomic E-state index is 12.3. The second-order valence-corrected chi connectivity index (χ2v) is 5.33. The Kier molecular flexibility index (Phi) is 5.85. The van der Waals surface area contributed by atoms with Gasteiger partial charge in [0.2, 0.25) is 0 Å². The first-order valence-electron chi connectivity index (χ1n) is 7.04. The van der Waals surface area contributed by atoms with E-state index in [2.05, 4.69) is 10.2 Å². The topological polar surface area (TPSA) is 50.8 Å². The van der Waals surface area contributed by atoms with Crippen molar-refractivity contribution in [1.82, 2.24) is 10.2 Å². The number of methoxy groups -OCH3 is 2. The number of hydrogen-bond donors (Lipinski definition) is 1. The van der Waals surface area contributed by atoms with E-state index >= 15 is 0 Å². The molecular formula is C15H21ClN2O3. The molecule has 1 aliphatic rings. The summed E-state index contributed by atoms with van der Waals surface area (Å²) in [4.78, 5) is 14.4. The minimum absolute atomic E-state index is 0.316. The Bertz CT molecular complexity index is 488. The van der Waals surface area contributed by atoms with E-state index in [1.165, 1.54) is 7.11 Å². The summed E-state index contributed by atoms with van der Waals surface area (Å²) < 4.78 is 10.4. The molecule has 0 radical (unpaired) electrons. The van der Waals surface area contributed by atoms with Gasteiger partial charge in [-0.1, -0.05) is 17.7 Å². The van der Waals surface area contributed by atoms with E-state index in [1.807, 2.05) is 12.1 Å². The van der Waals surface area contributed by atoms with Gasteiger partial charge in [-0.15, -0.1) is 0 Å². The highest BCUT2D eigenvalue weighted by Gasteiger charge is 2.33. The molecule has 1 atom stereocenters. The number of ether oxygens (including phenoxy) is 2. The van der Waals surface area contributed by atoms with Crippen molar-refractivity contribution in [1.29, 1.82) is 0 Å². The number of halogens is 1. The molecule has 2 rings (SSSR count). The van der Waals surface area contributed by atoms with Crippen LogP contribution in [0, 0.1) is 0 Å². The summed E-state index contributed by atoms with van der Waals surface area (Å²) in [6.07, 6.45) is 0.972. The first kappa shape index (κ1) is 16.1. The van der Waals surface area contributed by atoms with Crippen molar-refractivity contribution in [2.45, 2.75) is 12.5 Å². The molecule has 1 aromatic carbocycles. The van der Waals surface area contributed by atoms with Gasteiger partial charge in [-0.2, -0.15) is 0 Å². The summed E-state index contributed by atoms with van der Waals surface area (Å²) in [6, 6.07) is 4.85. The maximum Gasteiger partial charge on any atom is 0.327 e. The van der Waals surface area contributed by atoms with Gasteiger partial charge in [0.05, 0.1) is 14.2 Å². The van der Waals surface area contributed by atoms with Crippen LogP contribution in [0.25, 0.3) is 0 Å². The van der Waals surface area contributed by atoms with Crippen LogP contribution in [0.1, 0.15) is 18.0 Å². The number of carbonyl (C=O) groups excluding carboxylic acids is 1. The number of rotatable bonds is 4. The first-order chi connectivity index (χ1) is 10.2. The molecule has 1 heterocycles. The highest BCUT2D eigenvalue weighted by atomic mass is 35.5. The van der Waals surface area contributed by atoms with Crippen LogP contribution in [0.15, 0.2) is 18.2 Å². The predicted octanol–water partition coefficient (Wildman–Crippen LogP) is 1.86. The molecule has 116 valence electrons. The predicted molar refractivity (Wildman–Crippen MR) is 81.8 cm³/mol. The van der Waals surface area contributed by atoms with E-state index in [0.29, 0.717) is 16.3 Å². The van der Waals surface area contributed by atoms with Crippen LogP contribution in [0.3, 0.4) is 0 Å². The zero-order chi connectivity index (χ0) is 15.2. The smallest absolute Gasteiger partial charge is 0.327 e. The molecular weight excluding hydrogens is 292 g/mol. The minimum atomic E-state index is -0.543. The summed E-state index contributed by atoms with van der Waals surface area (Å²) in [5.74, 6) is 0.290. The zero-order valence-electron chi connectivity index (χ0n) is 12.4. The van der Waals surface area contributed by atoms with Gasteiger partial charge in [0, 0.05) is 30.2 Å². The molecule has 0 aromatic heterocycles. The van der Waals surface area contributed by atoms with Crippen LogP contribution in [-0.4, -0.2) is 51.3 Å². The third-order valence-corrected chi connectivity index (χ3v) is 4.00. The highest BCUT2D eigenvalue weighted by Crippen LogP contribution is 2.36. The lowest BCUT2D eigenvalue weighted by Gasteiger charge is -2.30. The molecule has 5 nitrogen and oxygen atoms in total. The number of carbonyl (C=O) groups is 1. The molecule has 21 heavy (non-hydrogen) atoms. The molecule has 0 saturated carbocycles. The number of nitrogens with one attached hydrogen (secondary N) is 1. The largest absolute Gasteiger partial charge is 0.496 e. The van der Waals surface area contributed by atoms with E-state index in [-0.39, 0.29) is 5.97 Å². The lowest BCUT2D eigenvalue weighted by Crippen LogP contribution is -2.37. The summed E-state index contributed by atoms with van der Waals surface area (Å²) in [6.45, 7) is 3.35. The van der Waals surface area contributed by atoms with E-state index in [9.17, 15) is 4.79 Å². The zero-order valence-corrected chi connectivity index (χ0v) is 13.2. The lowest BCUT2D eigenvalue weighted by molar-refractivity contribution is -0.147. The fraction of sp³-hybridized carbons (Fsp3) is 0.533. The van der Waals surface area contributed by atoms with Crippen LogP contribution in [-0.2, 0) is 9.53 Å². The molecule has 1 unspecified atom stereocenters. The Morgan fingerprint density at radius 3 is 2.86 bits per heavy atom. The minimum Gasteiger partial charge on any atom is -0.496 e. The van der Waals surface area contributed by atoms with Crippen molar-refractivity contribution in [3.63, 3.8) is 0 Å². The van der Waals surface area contributed by atoms with Crippen molar-refractivity contribution in [3.8, 4) is 5.75 Å². The number of esters is 1. The van der Waals surface area contributed by atoms with Crippen LogP contribution < -0.4 is 10.1 Å². The van der Waals surface area contributed by atoms with Gasteiger partial charge in [-0.05, 0) is 25.1 Å². The third-order valence-electron chi connectivity index (χ3n) is 3.67. The summed E-state index contributed by atoms with van der Waals surface area (Å²) >= 11 is 6.33. The fourth-order valence-electron chi connectivity index (χ4n) is 2.65. The maximum atomic E-state index is 12.3. The second kappa shape index (κ2) is 7.64. The van der Waals surface area contributed by atoms with Gasteiger partial charge >= 0.3 is 5.97 Å².